The predicted octanol–water partition coefficient (Wildman–Crippen LogP) is 9.41. The summed E-state index contributed by atoms with van der Waals surface area (Å²) in [6, 6.07) is 14.2. The number of rotatable bonds is 23. The number of nitrogens with zero attached hydrogens (tertiary/aromatic N) is 4. The van der Waals surface area contributed by atoms with E-state index in [9.17, 15) is 32.5 Å². The maximum absolute atomic E-state index is 13.8. The number of ether oxygens (including phenoxy) is 2. The number of methoxy groups -OCH3 is 1. The van der Waals surface area contributed by atoms with Crippen LogP contribution in [0.3, 0.4) is 0 Å². The Morgan fingerprint density at radius 2 is 1.45 bits per heavy atom. The van der Waals surface area contributed by atoms with E-state index in [0.717, 1.165) is 30.3 Å². The first-order chi connectivity index (χ1) is 27.0. The van der Waals surface area contributed by atoms with E-state index < -0.39 is 38.8 Å². The fourth-order valence-electron chi connectivity index (χ4n) is 6.19. The van der Waals surface area contributed by atoms with Crippen LogP contribution < -0.4 is 15.1 Å². The molecule has 0 aliphatic carbocycles. The molecule has 56 heavy (non-hydrogen) atoms. The van der Waals surface area contributed by atoms with Gasteiger partial charge in [-0.2, -0.15) is 23.7 Å². The van der Waals surface area contributed by atoms with Crippen molar-refractivity contribution in [3.63, 3.8) is 0 Å². The average molecular weight is 792 g/mol. The van der Waals surface area contributed by atoms with Gasteiger partial charge in [0.25, 0.3) is 16.0 Å². The Morgan fingerprint density at radius 1 is 0.839 bits per heavy atom. The summed E-state index contributed by atoms with van der Waals surface area (Å²) in [5, 5.41) is 26.2. The highest BCUT2D eigenvalue weighted by molar-refractivity contribution is 7.86. The molecule has 1 atom stereocenters. The summed E-state index contributed by atoms with van der Waals surface area (Å²) >= 11 is 0. The Hall–Kier alpha value is -5.15. The highest BCUT2D eigenvalue weighted by Crippen LogP contribution is 2.35. The number of azo groups is 1. The zero-order valence-electron chi connectivity index (χ0n) is 32.2. The van der Waals surface area contributed by atoms with Gasteiger partial charge in [-0.25, -0.2) is 4.79 Å². The van der Waals surface area contributed by atoms with Crippen LogP contribution in [0.2, 0.25) is 0 Å². The largest absolute Gasteiger partial charge is 0.506 e. The predicted molar refractivity (Wildman–Crippen MR) is 213 cm³/mol. The third-order valence-corrected chi connectivity index (χ3v) is 10.2. The lowest BCUT2D eigenvalue weighted by Gasteiger charge is -2.15. The number of hydrazone groups is 1. The van der Waals surface area contributed by atoms with Crippen molar-refractivity contribution in [2.24, 2.45) is 15.3 Å². The minimum atomic E-state index is -4.85. The van der Waals surface area contributed by atoms with Crippen molar-refractivity contribution in [2.45, 2.75) is 121 Å². The molecule has 3 N–H and O–H groups in total. The molecule has 0 saturated heterocycles. The fraction of sp³-hybridized carbons (Fsp3) is 0.463. The number of amides is 2. The second-order valence-corrected chi connectivity index (χ2v) is 15.1. The molecule has 15 heteroatoms. The van der Waals surface area contributed by atoms with Gasteiger partial charge in [0.15, 0.2) is 5.84 Å². The number of para-hydroxylation sites is 1. The molecule has 3 aromatic rings. The van der Waals surface area contributed by atoms with Crippen LogP contribution in [0.4, 0.5) is 11.4 Å². The lowest BCUT2D eigenvalue weighted by atomic mass is 10.0. The zero-order valence-corrected chi connectivity index (χ0v) is 33.0. The Bertz CT molecular complexity index is 1940. The number of phenolic OH excluding ortho intramolecular Hbond substituents is 1. The molecule has 4 rings (SSSR count). The highest BCUT2D eigenvalue weighted by Gasteiger charge is 2.39. The van der Waals surface area contributed by atoms with Gasteiger partial charge < -0.3 is 19.9 Å². The summed E-state index contributed by atoms with van der Waals surface area (Å²) in [5.41, 5.74) is -0.163. The molecule has 302 valence electrons. The number of carbonyl (C=O) groups excluding carboxylic acids is 3. The molecule has 0 bridgehead atoms. The van der Waals surface area contributed by atoms with Gasteiger partial charge in [0.2, 0.25) is 11.9 Å². The van der Waals surface area contributed by atoms with Gasteiger partial charge in [0.1, 0.15) is 27.8 Å². The number of unbranched alkanes of at least 4 members (excludes halogenated alkanes) is 14. The van der Waals surface area contributed by atoms with Crippen LogP contribution in [-0.4, -0.2) is 54.8 Å². The van der Waals surface area contributed by atoms with Gasteiger partial charge in [0.05, 0.1) is 18.4 Å². The minimum absolute atomic E-state index is 0.0693. The number of esters is 1. The number of aromatic hydroxyl groups is 1. The summed E-state index contributed by atoms with van der Waals surface area (Å²) in [4.78, 5) is 38.3. The second kappa shape index (κ2) is 22.4. The van der Waals surface area contributed by atoms with E-state index in [1.54, 1.807) is 30.3 Å². The number of hydrogen-bond acceptors (Lipinski definition) is 11. The number of benzene rings is 3. The van der Waals surface area contributed by atoms with Crippen LogP contribution in [0.15, 0.2) is 87.0 Å². The van der Waals surface area contributed by atoms with Crippen LogP contribution in [0.5, 0.6) is 17.2 Å². The van der Waals surface area contributed by atoms with E-state index >= 15 is 0 Å². The van der Waals surface area contributed by atoms with Crippen molar-refractivity contribution in [1.29, 1.82) is 0 Å². The molecule has 1 aliphatic heterocycles. The van der Waals surface area contributed by atoms with Gasteiger partial charge in [-0.15, -0.1) is 5.10 Å². The number of nitrogens with one attached hydrogen (secondary N) is 1. The van der Waals surface area contributed by atoms with E-state index in [0.29, 0.717) is 12.2 Å². The number of carbonyl (C=O) groups is 3. The van der Waals surface area contributed by atoms with Crippen molar-refractivity contribution in [1.82, 2.24) is 5.32 Å². The standard InChI is InChI=1S/C41H53N5O9S/c1-3-4-5-6-7-8-9-10-11-12-13-14-15-16-20-23-37(48)42-39-38(44-43-33-28-30(41(50)54-2)24-26-34(33)47)40(49)46(45-39)31-25-27-35(36(29-31)56(51,52)53)55-32-21-18-17-19-22-32/h17-19,21-22,24-29,38,47H,3-16,20,23H2,1-2H3,(H,42,45,48)(H,51,52,53). The zero-order chi connectivity index (χ0) is 40.3. The average Bonchev–Trinajstić information content (AvgIpc) is 3.49. The summed E-state index contributed by atoms with van der Waals surface area (Å²) in [5.74, 6) is -2.34. The summed E-state index contributed by atoms with van der Waals surface area (Å²) in [7, 11) is -3.66. The van der Waals surface area contributed by atoms with Crippen molar-refractivity contribution in [3.05, 3.63) is 72.3 Å². The van der Waals surface area contributed by atoms with Crippen LogP contribution in [0.1, 0.15) is 120 Å². The van der Waals surface area contributed by atoms with Crippen molar-refractivity contribution < 1.29 is 41.9 Å². The first-order valence-corrected chi connectivity index (χ1v) is 20.8. The van der Waals surface area contributed by atoms with Gasteiger partial charge in [-0.05, 0) is 55.0 Å². The van der Waals surface area contributed by atoms with Crippen molar-refractivity contribution >= 4 is 45.1 Å². The number of anilines is 1. The number of amidine groups is 1. The van der Waals surface area contributed by atoms with Crippen LogP contribution >= 0.6 is 0 Å². The van der Waals surface area contributed by atoms with E-state index in [4.69, 9.17) is 9.47 Å². The van der Waals surface area contributed by atoms with E-state index in [1.807, 2.05) is 0 Å². The topological polar surface area (TPSA) is 197 Å². The first kappa shape index (κ1) is 43.6. The molecule has 14 nitrogen and oxygen atoms in total. The quantitative estimate of drug-likeness (QED) is 0.0363. The first-order valence-electron chi connectivity index (χ1n) is 19.4. The third kappa shape index (κ3) is 13.6. The molecule has 0 saturated carbocycles. The molecule has 2 amide bonds. The van der Waals surface area contributed by atoms with Gasteiger partial charge >= 0.3 is 5.97 Å². The molecular weight excluding hydrogens is 739 g/mol. The fourth-order valence-corrected chi connectivity index (χ4v) is 6.82. The van der Waals surface area contributed by atoms with Crippen molar-refractivity contribution in [3.8, 4) is 17.2 Å². The molecule has 0 fully saturated rings. The Morgan fingerprint density at radius 3 is 2.04 bits per heavy atom. The maximum atomic E-state index is 13.8. The normalized spacial score (nSPS) is 14.3. The molecule has 1 heterocycles. The van der Waals surface area contributed by atoms with E-state index in [1.165, 1.54) is 108 Å². The summed E-state index contributed by atoms with van der Waals surface area (Å²) in [6.07, 6.45) is 18.0. The van der Waals surface area contributed by atoms with Crippen molar-refractivity contribution in [2.75, 3.05) is 12.1 Å². The van der Waals surface area contributed by atoms with Crippen LogP contribution in [0.25, 0.3) is 0 Å². The lowest BCUT2D eigenvalue weighted by Crippen LogP contribution is -2.39. The maximum Gasteiger partial charge on any atom is 0.337 e. The molecule has 1 unspecified atom stereocenters. The van der Waals surface area contributed by atoms with Gasteiger partial charge in [-0.3, -0.25) is 14.1 Å². The highest BCUT2D eigenvalue weighted by atomic mass is 32.2. The van der Waals surface area contributed by atoms with E-state index in [-0.39, 0.29) is 40.7 Å². The Labute approximate surface area is 329 Å². The Kier molecular flexibility index (Phi) is 17.4. The summed E-state index contributed by atoms with van der Waals surface area (Å²) in [6.45, 7) is 2.24. The van der Waals surface area contributed by atoms with Crippen LogP contribution in [0, 0.1) is 0 Å². The number of hydrogen-bond donors (Lipinski definition) is 3. The number of phenols is 1. The van der Waals surface area contributed by atoms with E-state index in [2.05, 4.69) is 27.6 Å². The molecule has 1 aliphatic rings. The lowest BCUT2D eigenvalue weighted by molar-refractivity contribution is -0.119. The smallest absolute Gasteiger partial charge is 0.337 e. The summed E-state index contributed by atoms with van der Waals surface area (Å²) < 4.78 is 45.3. The molecule has 0 aromatic heterocycles. The monoisotopic (exact) mass is 791 g/mol. The van der Waals surface area contributed by atoms with Crippen LogP contribution in [-0.2, 0) is 24.4 Å². The molecular formula is C41H53N5O9S. The molecule has 0 radical (unpaired) electrons. The van der Waals surface area contributed by atoms with Gasteiger partial charge in [-0.1, -0.05) is 115 Å². The second-order valence-electron chi connectivity index (χ2n) is 13.7. The minimum Gasteiger partial charge on any atom is -0.506 e. The Balaban J connectivity index is 1.40. The van der Waals surface area contributed by atoms with Gasteiger partial charge in [0, 0.05) is 6.42 Å². The SMILES string of the molecule is CCCCCCCCCCCCCCCCCC(=O)NC1=NN(c2ccc(Oc3ccccc3)c(S(=O)(=O)O)c2)C(=O)C1N=Nc1cc(C(=O)OC)ccc1O. The molecule has 3 aromatic carbocycles. The molecule has 0 spiro atoms. The third-order valence-electron chi connectivity index (χ3n) is 9.28.